The number of hydrogen-bond donors (Lipinski definition) is 1. The Labute approximate surface area is 155 Å². The van der Waals surface area contributed by atoms with Crippen LogP contribution in [0.15, 0.2) is 48.5 Å². The number of piperazine rings is 1. The van der Waals surface area contributed by atoms with Gasteiger partial charge in [0.05, 0.1) is 11.9 Å². The van der Waals surface area contributed by atoms with E-state index in [9.17, 15) is 14.0 Å². The van der Waals surface area contributed by atoms with Crippen molar-refractivity contribution < 1.29 is 14.0 Å². The molecule has 2 amide bonds. The standard InChI is InChI=1S/C20H19FN4O2/c21-16-7-3-1-5-14(16)13-18(26)24-9-11-25(12-10-24)20(27)19-15-6-2-4-8-17(15)22-23-19/h1-8H,9-13H2,(H,22,23). The molecule has 1 aliphatic rings. The van der Waals surface area contributed by atoms with Gasteiger partial charge in [0.2, 0.25) is 5.91 Å². The van der Waals surface area contributed by atoms with Gasteiger partial charge in [-0.15, -0.1) is 0 Å². The van der Waals surface area contributed by atoms with Crippen LogP contribution in [0.5, 0.6) is 0 Å². The maximum absolute atomic E-state index is 13.7. The highest BCUT2D eigenvalue weighted by Crippen LogP contribution is 2.18. The molecule has 0 unspecified atom stereocenters. The van der Waals surface area contributed by atoms with Crippen molar-refractivity contribution in [1.29, 1.82) is 0 Å². The van der Waals surface area contributed by atoms with E-state index < -0.39 is 0 Å². The minimum absolute atomic E-state index is 0.0324. The van der Waals surface area contributed by atoms with Crippen LogP contribution in [0.1, 0.15) is 16.1 Å². The number of carbonyl (C=O) groups is 2. The van der Waals surface area contributed by atoms with Crippen LogP contribution < -0.4 is 0 Å². The second kappa shape index (κ2) is 7.19. The van der Waals surface area contributed by atoms with Crippen LogP contribution >= 0.6 is 0 Å². The minimum Gasteiger partial charge on any atom is -0.339 e. The summed E-state index contributed by atoms with van der Waals surface area (Å²) >= 11 is 0. The number of para-hydroxylation sites is 1. The molecule has 27 heavy (non-hydrogen) atoms. The van der Waals surface area contributed by atoms with E-state index in [1.165, 1.54) is 6.07 Å². The third kappa shape index (κ3) is 3.40. The van der Waals surface area contributed by atoms with Crippen LogP contribution in [-0.4, -0.2) is 58.0 Å². The molecule has 4 rings (SSSR count). The van der Waals surface area contributed by atoms with Gasteiger partial charge in [-0.3, -0.25) is 14.7 Å². The molecule has 6 nitrogen and oxygen atoms in total. The van der Waals surface area contributed by atoms with Crippen LogP contribution in [0.25, 0.3) is 10.9 Å². The van der Waals surface area contributed by atoms with Crippen LogP contribution in [0, 0.1) is 5.82 Å². The van der Waals surface area contributed by atoms with Gasteiger partial charge in [0.25, 0.3) is 5.91 Å². The minimum atomic E-state index is -0.370. The Hall–Kier alpha value is -3.22. The molecule has 7 heteroatoms. The SMILES string of the molecule is O=C(Cc1ccccc1F)N1CCN(C(=O)c2n[nH]c3ccccc23)CC1. The average Bonchev–Trinajstić information content (AvgIpc) is 3.13. The average molecular weight is 366 g/mol. The largest absolute Gasteiger partial charge is 0.339 e. The van der Waals surface area contributed by atoms with Gasteiger partial charge in [0, 0.05) is 31.6 Å². The summed E-state index contributed by atoms with van der Waals surface area (Å²) in [5.41, 5.74) is 1.61. The predicted octanol–water partition coefficient (Wildman–Crippen LogP) is 2.23. The maximum atomic E-state index is 13.7. The number of halogens is 1. The van der Waals surface area contributed by atoms with Crippen molar-refractivity contribution in [2.24, 2.45) is 0 Å². The van der Waals surface area contributed by atoms with Crippen LogP contribution in [0.3, 0.4) is 0 Å². The number of benzene rings is 2. The van der Waals surface area contributed by atoms with Crippen molar-refractivity contribution in [3.8, 4) is 0 Å². The van der Waals surface area contributed by atoms with Gasteiger partial charge in [-0.1, -0.05) is 36.4 Å². The summed E-state index contributed by atoms with van der Waals surface area (Å²) in [6.45, 7) is 1.73. The Morgan fingerprint density at radius 1 is 0.963 bits per heavy atom. The molecular weight excluding hydrogens is 347 g/mol. The summed E-state index contributed by atoms with van der Waals surface area (Å²) in [6.07, 6.45) is 0.0324. The number of rotatable bonds is 3. The fourth-order valence-electron chi connectivity index (χ4n) is 3.35. The molecule has 0 spiro atoms. The molecule has 2 heterocycles. The van der Waals surface area contributed by atoms with Crippen molar-refractivity contribution in [2.45, 2.75) is 6.42 Å². The van der Waals surface area contributed by atoms with E-state index in [4.69, 9.17) is 0 Å². The van der Waals surface area contributed by atoms with Crippen molar-refractivity contribution in [3.05, 3.63) is 65.6 Å². The molecule has 138 valence electrons. The van der Waals surface area contributed by atoms with Crippen molar-refractivity contribution in [2.75, 3.05) is 26.2 Å². The van der Waals surface area contributed by atoms with E-state index in [0.717, 1.165) is 10.9 Å². The summed E-state index contributed by atoms with van der Waals surface area (Å²) in [4.78, 5) is 28.6. The van der Waals surface area contributed by atoms with Crippen molar-refractivity contribution in [3.63, 3.8) is 0 Å². The van der Waals surface area contributed by atoms with Crippen LogP contribution in [-0.2, 0) is 11.2 Å². The van der Waals surface area contributed by atoms with Gasteiger partial charge in [-0.2, -0.15) is 5.10 Å². The second-order valence-corrected chi connectivity index (χ2v) is 6.56. The summed E-state index contributed by atoms with van der Waals surface area (Å²) in [6, 6.07) is 13.8. The van der Waals surface area contributed by atoms with Gasteiger partial charge < -0.3 is 9.80 Å². The van der Waals surface area contributed by atoms with E-state index >= 15 is 0 Å². The number of aromatic amines is 1. The molecule has 1 fully saturated rings. The topological polar surface area (TPSA) is 69.3 Å². The molecule has 0 radical (unpaired) electrons. The Kier molecular flexibility index (Phi) is 4.58. The summed E-state index contributed by atoms with van der Waals surface area (Å²) in [5, 5.41) is 7.81. The molecule has 1 aliphatic heterocycles. The quantitative estimate of drug-likeness (QED) is 0.773. The molecule has 1 N–H and O–H groups in total. The monoisotopic (exact) mass is 366 g/mol. The zero-order valence-corrected chi connectivity index (χ0v) is 14.7. The highest BCUT2D eigenvalue weighted by molar-refractivity contribution is 6.04. The normalized spacial score (nSPS) is 14.6. The van der Waals surface area contributed by atoms with Crippen molar-refractivity contribution in [1.82, 2.24) is 20.0 Å². The lowest BCUT2D eigenvalue weighted by Crippen LogP contribution is -2.51. The zero-order chi connectivity index (χ0) is 18.8. The molecule has 1 saturated heterocycles. The number of hydrogen-bond acceptors (Lipinski definition) is 3. The lowest BCUT2D eigenvalue weighted by Gasteiger charge is -2.34. The van der Waals surface area contributed by atoms with E-state index in [1.54, 1.807) is 28.0 Å². The van der Waals surface area contributed by atoms with Gasteiger partial charge in [0.1, 0.15) is 5.82 Å². The van der Waals surface area contributed by atoms with E-state index in [2.05, 4.69) is 10.2 Å². The number of amides is 2. The lowest BCUT2D eigenvalue weighted by molar-refractivity contribution is -0.132. The van der Waals surface area contributed by atoms with E-state index in [0.29, 0.717) is 37.4 Å². The maximum Gasteiger partial charge on any atom is 0.275 e. The number of fused-ring (bicyclic) bond motifs is 1. The van der Waals surface area contributed by atoms with Gasteiger partial charge in [-0.25, -0.2) is 4.39 Å². The fraction of sp³-hybridized carbons (Fsp3) is 0.250. The number of carbonyl (C=O) groups excluding carboxylic acids is 2. The first kappa shape index (κ1) is 17.2. The molecule has 0 saturated carbocycles. The number of aromatic nitrogens is 2. The van der Waals surface area contributed by atoms with Crippen LogP contribution in [0.4, 0.5) is 4.39 Å². The second-order valence-electron chi connectivity index (χ2n) is 6.56. The number of nitrogens with zero attached hydrogens (tertiary/aromatic N) is 3. The fourth-order valence-corrected chi connectivity index (χ4v) is 3.35. The summed E-state index contributed by atoms with van der Waals surface area (Å²) in [7, 11) is 0. The Bertz CT molecular complexity index is 992. The molecule has 3 aromatic rings. The molecule has 0 aliphatic carbocycles. The first-order chi connectivity index (χ1) is 13.1. The summed E-state index contributed by atoms with van der Waals surface area (Å²) in [5.74, 6) is -0.642. The molecule has 0 atom stereocenters. The Morgan fingerprint density at radius 3 is 2.41 bits per heavy atom. The van der Waals surface area contributed by atoms with Gasteiger partial charge >= 0.3 is 0 Å². The Balaban J connectivity index is 1.39. The van der Waals surface area contributed by atoms with E-state index in [1.807, 2.05) is 24.3 Å². The van der Waals surface area contributed by atoms with Gasteiger partial charge in [0.15, 0.2) is 5.69 Å². The molecule has 2 aromatic carbocycles. The smallest absolute Gasteiger partial charge is 0.275 e. The highest BCUT2D eigenvalue weighted by atomic mass is 19.1. The van der Waals surface area contributed by atoms with Crippen LogP contribution in [0.2, 0.25) is 0 Å². The number of H-pyrrole nitrogens is 1. The third-order valence-corrected chi connectivity index (χ3v) is 4.89. The zero-order valence-electron chi connectivity index (χ0n) is 14.7. The first-order valence-electron chi connectivity index (χ1n) is 8.87. The molecule has 1 aromatic heterocycles. The highest BCUT2D eigenvalue weighted by Gasteiger charge is 2.27. The Morgan fingerprint density at radius 2 is 1.63 bits per heavy atom. The number of nitrogens with one attached hydrogen (secondary N) is 1. The molecular formula is C20H19FN4O2. The lowest BCUT2D eigenvalue weighted by atomic mass is 10.1. The first-order valence-corrected chi connectivity index (χ1v) is 8.87. The molecule has 0 bridgehead atoms. The van der Waals surface area contributed by atoms with Crippen molar-refractivity contribution >= 4 is 22.7 Å². The predicted molar refractivity (Wildman–Crippen MR) is 98.7 cm³/mol. The van der Waals surface area contributed by atoms with Gasteiger partial charge in [-0.05, 0) is 17.7 Å². The summed E-state index contributed by atoms with van der Waals surface area (Å²) < 4.78 is 13.7. The third-order valence-electron chi connectivity index (χ3n) is 4.89. The van der Waals surface area contributed by atoms with E-state index in [-0.39, 0.29) is 24.1 Å².